The average molecular weight is 695 g/mol. The molecule has 10 heteroatoms. The van der Waals surface area contributed by atoms with Crippen molar-refractivity contribution in [2.45, 2.75) is 50.6 Å². The van der Waals surface area contributed by atoms with Crippen molar-refractivity contribution in [3.8, 4) is 0 Å². The number of hydrogen-bond acceptors (Lipinski definition) is 4. The summed E-state index contributed by atoms with van der Waals surface area (Å²) in [7, 11) is -4.30. The molecule has 0 aliphatic heterocycles. The maximum absolute atomic E-state index is 14.4. The van der Waals surface area contributed by atoms with Gasteiger partial charge in [-0.3, -0.25) is 13.9 Å². The van der Waals surface area contributed by atoms with Crippen LogP contribution >= 0.6 is 15.9 Å². The highest BCUT2D eigenvalue weighted by Gasteiger charge is 2.34. The first-order valence-electron chi connectivity index (χ1n) is 14.8. The normalized spacial score (nSPS) is 11.9. The van der Waals surface area contributed by atoms with Crippen molar-refractivity contribution in [3.63, 3.8) is 0 Å². The second-order valence-electron chi connectivity index (χ2n) is 10.8. The van der Waals surface area contributed by atoms with E-state index in [1.54, 1.807) is 24.3 Å². The van der Waals surface area contributed by atoms with Crippen molar-refractivity contribution in [1.82, 2.24) is 10.2 Å². The molecule has 0 bridgehead atoms. The van der Waals surface area contributed by atoms with Crippen LogP contribution in [0.4, 0.5) is 10.1 Å². The molecule has 236 valence electrons. The summed E-state index contributed by atoms with van der Waals surface area (Å²) in [5.74, 6) is -1.46. The second-order valence-corrected chi connectivity index (χ2v) is 13.6. The van der Waals surface area contributed by atoms with Crippen LogP contribution < -0.4 is 9.62 Å². The summed E-state index contributed by atoms with van der Waals surface area (Å²) >= 11 is 3.44. The molecule has 1 unspecified atom stereocenters. The van der Waals surface area contributed by atoms with Gasteiger partial charge in [0.2, 0.25) is 11.8 Å². The number of amides is 2. The summed E-state index contributed by atoms with van der Waals surface area (Å²) in [5.41, 5.74) is 2.81. The van der Waals surface area contributed by atoms with Gasteiger partial charge in [-0.15, -0.1) is 0 Å². The fourth-order valence-electron chi connectivity index (χ4n) is 4.82. The van der Waals surface area contributed by atoms with E-state index in [1.165, 1.54) is 17.0 Å². The van der Waals surface area contributed by atoms with Gasteiger partial charge in [-0.25, -0.2) is 12.8 Å². The molecule has 0 spiro atoms. The molecule has 0 aromatic heterocycles. The molecule has 0 radical (unpaired) electrons. The zero-order valence-electron chi connectivity index (χ0n) is 25.3. The predicted octanol–water partition coefficient (Wildman–Crippen LogP) is 6.65. The van der Waals surface area contributed by atoms with E-state index >= 15 is 0 Å². The van der Waals surface area contributed by atoms with Gasteiger partial charge >= 0.3 is 0 Å². The molecule has 0 aliphatic carbocycles. The van der Waals surface area contributed by atoms with Crippen LogP contribution in [0.15, 0.2) is 112 Å². The van der Waals surface area contributed by atoms with Crippen molar-refractivity contribution in [2.24, 2.45) is 0 Å². The van der Waals surface area contributed by atoms with Gasteiger partial charge in [0.1, 0.15) is 18.4 Å². The lowest BCUT2D eigenvalue weighted by Crippen LogP contribution is -2.53. The van der Waals surface area contributed by atoms with E-state index in [-0.39, 0.29) is 29.5 Å². The lowest BCUT2D eigenvalue weighted by Gasteiger charge is -2.34. The van der Waals surface area contributed by atoms with Crippen LogP contribution in [0.1, 0.15) is 36.5 Å². The number of benzene rings is 4. The number of carbonyl (C=O) groups excluding carboxylic acids is 2. The van der Waals surface area contributed by atoms with E-state index in [0.29, 0.717) is 6.54 Å². The van der Waals surface area contributed by atoms with Gasteiger partial charge in [-0.1, -0.05) is 89.4 Å². The van der Waals surface area contributed by atoms with Crippen LogP contribution in [-0.2, 0) is 32.6 Å². The summed E-state index contributed by atoms with van der Waals surface area (Å²) in [4.78, 5) is 29.5. The van der Waals surface area contributed by atoms with Gasteiger partial charge in [0.25, 0.3) is 10.0 Å². The number of carbonyl (C=O) groups is 2. The fraction of sp³-hybridized carbons (Fsp3) is 0.257. The van der Waals surface area contributed by atoms with E-state index in [1.807, 2.05) is 68.4 Å². The first-order chi connectivity index (χ1) is 21.6. The lowest BCUT2D eigenvalue weighted by molar-refractivity contribution is -0.140. The van der Waals surface area contributed by atoms with Crippen LogP contribution in [0.5, 0.6) is 0 Å². The van der Waals surface area contributed by atoms with Crippen LogP contribution in [0.3, 0.4) is 0 Å². The zero-order valence-corrected chi connectivity index (χ0v) is 27.7. The van der Waals surface area contributed by atoms with Crippen molar-refractivity contribution in [1.29, 1.82) is 0 Å². The quantitative estimate of drug-likeness (QED) is 0.150. The monoisotopic (exact) mass is 693 g/mol. The van der Waals surface area contributed by atoms with Gasteiger partial charge in [-0.05, 0) is 73.0 Å². The Morgan fingerprint density at radius 3 is 2.13 bits per heavy atom. The summed E-state index contributed by atoms with van der Waals surface area (Å²) in [6.07, 6.45) is 1.90. The molecule has 1 atom stereocenters. The minimum atomic E-state index is -4.30. The number of rotatable bonds is 14. The van der Waals surface area contributed by atoms with Crippen molar-refractivity contribution < 1.29 is 22.4 Å². The minimum absolute atomic E-state index is 0.0726. The van der Waals surface area contributed by atoms with Gasteiger partial charge in [0.05, 0.1) is 10.6 Å². The van der Waals surface area contributed by atoms with Gasteiger partial charge in [0, 0.05) is 24.0 Å². The fourth-order valence-corrected chi connectivity index (χ4v) is 6.50. The first-order valence-corrected chi connectivity index (χ1v) is 17.0. The minimum Gasteiger partial charge on any atom is -0.354 e. The molecule has 2 amide bonds. The Morgan fingerprint density at radius 2 is 1.51 bits per heavy atom. The topological polar surface area (TPSA) is 86.8 Å². The van der Waals surface area contributed by atoms with E-state index in [9.17, 15) is 22.4 Å². The summed E-state index contributed by atoms with van der Waals surface area (Å²) in [5, 5.41) is 2.98. The van der Waals surface area contributed by atoms with Crippen LogP contribution in [0.2, 0.25) is 0 Å². The number of halogens is 2. The van der Waals surface area contributed by atoms with Crippen LogP contribution in [-0.4, -0.2) is 44.3 Å². The maximum atomic E-state index is 14.4. The Morgan fingerprint density at radius 1 is 0.867 bits per heavy atom. The molecule has 0 saturated heterocycles. The molecule has 0 heterocycles. The smallest absolute Gasteiger partial charge is 0.264 e. The summed E-state index contributed by atoms with van der Waals surface area (Å²) in [6, 6.07) is 27.1. The molecule has 4 aromatic carbocycles. The highest BCUT2D eigenvalue weighted by molar-refractivity contribution is 9.10. The Kier molecular flexibility index (Phi) is 11.9. The lowest BCUT2D eigenvalue weighted by atomic mass is 10.0. The third kappa shape index (κ3) is 9.25. The van der Waals surface area contributed by atoms with E-state index in [4.69, 9.17) is 0 Å². The molecular formula is C35H37BrFN3O4S. The van der Waals surface area contributed by atoms with Crippen molar-refractivity contribution in [2.75, 3.05) is 17.4 Å². The number of hydrogen-bond donors (Lipinski definition) is 1. The molecule has 7 nitrogen and oxygen atoms in total. The van der Waals surface area contributed by atoms with Gasteiger partial charge < -0.3 is 10.2 Å². The molecule has 0 aliphatic rings. The SMILES string of the molecule is CCCCNC(=O)C(Cc1ccccc1)N(Cc1ccc(Br)cc1)C(=O)CN(c1ccc(C)cc1)S(=O)(=O)c1ccc(F)cc1. The van der Waals surface area contributed by atoms with E-state index < -0.39 is 34.3 Å². The Balaban J connectivity index is 1.78. The third-order valence-corrected chi connectivity index (χ3v) is 9.69. The molecule has 1 N–H and O–H groups in total. The van der Waals surface area contributed by atoms with Crippen molar-refractivity contribution in [3.05, 3.63) is 130 Å². The molecule has 0 fully saturated rings. The second kappa shape index (κ2) is 15.8. The van der Waals surface area contributed by atoms with E-state index in [2.05, 4.69) is 21.2 Å². The van der Waals surface area contributed by atoms with Gasteiger partial charge in [0.15, 0.2) is 0 Å². The molecule has 0 saturated carbocycles. The van der Waals surface area contributed by atoms with Crippen molar-refractivity contribution >= 4 is 43.5 Å². The number of anilines is 1. The third-order valence-electron chi connectivity index (χ3n) is 7.37. The van der Waals surface area contributed by atoms with Gasteiger partial charge in [-0.2, -0.15) is 0 Å². The number of nitrogens with one attached hydrogen (secondary N) is 1. The first kappa shape index (κ1) is 33.9. The highest BCUT2D eigenvalue weighted by Crippen LogP contribution is 2.26. The standard InChI is InChI=1S/C35H37BrFN3O4S/c1-3-4-22-38-35(42)33(23-27-8-6-5-7-9-27)39(24-28-12-14-29(36)15-13-28)34(41)25-40(31-18-10-26(2)11-19-31)45(43,44)32-20-16-30(37)17-21-32/h5-21,33H,3-4,22-25H2,1-2H3,(H,38,42). The Bertz CT molecular complexity index is 1670. The van der Waals surface area contributed by atoms with E-state index in [0.717, 1.165) is 50.4 Å². The molecule has 4 aromatic rings. The Labute approximate surface area is 273 Å². The summed E-state index contributed by atoms with van der Waals surface area (Å²) in [6.45, 7) is 3.85. The maximum Gasteiger partial charge on any atom is 0.264 e. The van der Waals surface area contributed by atoms with Crippen LogP contribution in [0, 0.1) is 12.7 Å². The average Bonchev–Trinajstić information content (AvgIpc) is 3.03. The number of sulfonamides is 1. The van der Waals surface area contributed by atoms with Crippen LogP contribution in [0.25, 0.3) is 0 Å². The molecular weight excluding hydrogens is 657 g/mol. The highest BCUT2D eigenvalue weighted by atomic mass is 79.9. The molecule has 45 heavy (non-hydrogen) atoms. The number of nitrogens with zero attached hydrogens (tertiary/aromatic N) is 2. The largest absolute Gasteiger partial charge is 0.354 e. The molecule has 4 rings (SSSR count). The number of aryl methyl sites for hydroxylation is 1. The zero-order chi connectivity index (χ0) is 32.4. The summed E-state index contributed by atoms with van der Waals surface area (Å²) < 4.78 is 43.6. The Hall–Kier alpha value is -4.02. The number of unbranched alkanes of at least 4 members (excludes halogenated alkanes) is 1. The predicted molar refractivity (Wildman–Crippen MR) is 179 cm³/mol.